The maximum absolute atomic E-state index is 11.8. The summed E-state index contributed by atoms with van der Waals surface area (Å²) in [5, 5.41) is 17.6. The first-order valence-electron chi connectivity index (χ1n) is 7.09. The van der Waals surface area contributed by atoms with Crippen molar-refractivity contribution in [1.82, 2.24) is 0 Å². The number of carbonyl (C=O) groups excluding carboxylic acids is 1. The molecule has 9 heteroatoms. The second-order valence-electron chi connectivity index (χ2n) is 4.87. The fourth-order valence-electron chi connectivity index (χ4n) is 1.60. The molecule has 3 N–H and O–H groups in total. The molecule has 0 saturated heterocycles. The Morgan fingerprint density at radius 1 is 1.00 bits per heavy atom. The van der Waals surface area contributed by atoms with Gasteiger partial charge in [0.1, 0.15) is 5.75 Å². The Kier molecular flexibility index (Phi) is 8.80. The average Bonchev–Trinajstić information content (AvgIpc) is 2.58. The van der Waals surface area contributed by atoms with Crippen molar-refractivity contribution < 1.29 is 29.3 Å². The van der Waals surface area contributed by atoms with Gasteiger partial charge in [0, 0.05) is 14.6 Å². The molecule has 2 aromatic carbocycles. The fraction of sp³-hybridized carbons (Fsp3) is 0.118. The highest BCUT2D eigenvalue weighted by atomic mass is 79.9. The lowest BCUT2D eigenvalue weighted by Crippen LogP contribution is -2.20. The van der Waals surface area contributed by atoms with Crippen molar-refractivity contribution in [2.75, 3.05) is 11.9 Å². The van der Waals surface area contributed by atoms with E-state index >= 15 is 0 Å². The normalized spacial score (nSPS) is 9.50. The van der Waals surface area contributed by atoms with E-state index in [0.717, 1.165) is 20.2 Å². The van der Waals surface area contributed by atoms with Gasteiger partial charge in [-0.05, 0) is 55.0 Å². The average molecular weight is 489 g/mol. The van der Waals surface area contributed by atoms with Crippen LogP contribution in [0.1, 0.15) is 5.56 Å². The van der Waals surface area contributed by atoms with Crippen LogP contribution in [0.25, 0.3) is 0 Å². The zero-order valence-electron chi connectivity index (χ0n) is 13.5. The number of amides is 1. The number of halogens is 2. The maximum atomic E-state index is 11.8. The number of rotatable bonds is 4. The van der Waals surface area contributed by atoms with Gasteiger partial charge in [0.05, 0.1) is 0 Å². The van der Waals surface area contributed by atoms with Crippen LogP contribution in [-0.4, -0.2) is 34.7 Å². The smallest absolute Gasteiger partial charge is 0.414 e. The molecule has 0 aliphatic rings. The molecule has 7 nitrogen and oxygen atoms in total. The Hall–Kier alpha value is -2.39. The first-order valence-corrected chi connectivity index (χ1v) is 8.68. The van der Waals surface area contributed by atoms with E-state index in [2.05, 4.69) is 37.2 Å². The summed E-state index contributed by atoms with van der Waals surface area (Å²) in [6, 6.07) is 13.0. The Balaban J connectivity index is 0.000000487. The highest BCUT2D eigenvalue weighted by molar-refractivity contribution is 9.10. The molecule has 0 radical (unpaired) electrons. The van der Waals surface area contributed by atoms with Crippen molar-refractivity contribution in [2.45, 2.75) is 6.92 Å². The number of hydrogen-bond acceptors (Lipinski definition) is 4. The molecule has 0 spiro atoms. The van der Waals surface area contributed by atoms with Crippen molar-refractivity contribution >= 4 is 55.4 Å². The topological polar surface area (TPSA) is 113 Å². The number of carboxylic acid groups (broad SMARTS) is 2. The number of hydrogen-bond donors (Lipinski definition) is 3. The molecule has 0 aromatic heterocycles. The number of ether oxygens (including phenoxy) is 1. The molecule has 0 saturated carbocycles. The van der Waals surface area contributed by atoms with Gasteiger partial charge in [-0.1, -0.05) is 31.9 Å². The fourth-order valence-corrected chi connectivity index (χ4v) is 2.11. The predicted octanol–water partition coefficient (Wildman–Crippen LogP) is 3.69. The summed E-state index contributed by atoms with van der Waals surface area (Å²) < 4.78 is 7.39. The first-order chi connectivity index (χ1) is 12.2. The Labute approximate surface area is 166 Å². The molecule has 0 bridgehead atoms. The lowest BCUT2D eigenvalue weighted by Gasteiger charge is -2.08. The molecule has 0 aliphatic carbocycles. The Bertz CT molecular complexity index is 780. The van der Waals surface area contributed by atoms with Crippen LogP contribution in [0, 0.1) is 6.92 Å². The molecule has 0 heterocycles. The number of anilines is 1. The zero-order chi connectivity index (χ0) is 19.7. The predicted molar refractivity (Wildman–Crippen MR) is 102 cm³/mol. The Morgan fingerprint density at radius 2 is 1.58 bits per heavy atom. The maximum Gasteiger partial charge on any atom is 0.414 e. The second-order valence-corrected chi connectivity index (χ2v) is 6.64. The number of benzene rings is 2. The quantitative estimate of drug-likeness (QED) is 0.565. The molecule has 2 aromatic rings. The van der Waals surface area contributed by atoms with Gasteiger partial charge in [-0.3, -0.25) is 4.79 Å². The van der Waals surface area contributed by atoms with E-state index in [1.165, 1.54) is 0 Å². The SMILES string of the molecule is Cc1cc(NC(=O)COc2ccc(Br)cc2)ccc1Br.O=C(O)C(=O)O. The van der Waals surface area contributed by atoms with Gasteiger partial charge in [-0.25, -0.2) is 9.59 Å². The molecule has 2 rings (SSSR count). The van der Waals surface area contributed by atoms with Crippen molar-refractivity contribution in [3.05, 3.63) is 57.0 Å². The molecule has 0 fully saturated rings. The standard InChI is InChI=1S/C15H13Br2NO2.C2H2O4/c1-10-8-12(4-7-14(10)17)18-15(19)9-20-13-5-2-11(16)3-6-13;3-1(4)2(5)6/h2-8H,9H2,1H3,(H,18,19);(H,3,4)(H,5,6). The van der Waals surface area contributed by atoms with E-state index < -0.39 is 11.9 Å². The summed E-state index contributed by atoms with van der Waals surface area (Å²) >= 11 is 6.77. The zero-order valence-corrected chi connectivity index (χ0v) is 16.7. The molecule has 138 valence electrons. The number of carbonyl (C=O) groups is 3. The van der Waals surface area contributed by atoms with Gasteiger partial charge in [-0.15, -0.1) is 0 Å². The largest absolute Gasteiger partial charge is 0.484 e. The van der Waals surface area contributed by atoms with E-state index in [0.29, 0.717) is 5.75 Å². The van der Waals surface area contributed by atoms with Gasteiger partial charge in [-0.2, -0.15) is 0 Å². The number of nitrogens with one attached hydrogen (secondary N) is 1. The highest BCUT2D eigenvalue weighted by Crippen LogP contribution is 2.20. The van der Waals surface area contributed by atoms with Crippen LogP contribution >= 0.6 is 31.9 Å². The molecule has 0 unspecified atom stereocenters. The summed E-state index contributed by atoms with van der Waals surface area (Å²) in [6.07, 6.45) is 0. The van der Waals surface area contributed by atoms with Crippen molar-refractivity contribution in [3.63, 3.8) is 0 Å². The molecule has 0 aliphatic heterocycles. The van der Waals surface area contributed by atoms with Crippen LogP contribution in [0.5, 0.6) is 5.75 Å². The van der Waals surface area contributed by atoms with Gasteiger partial charge < -0.3 is 20.3 Å². The summed E-state index contributed by atoms with van der Waals surface area (Å²) in [5.74, 6) is -3.17. The summed E-state index contributed by atoms with van der Waals surface area (Å²) in [7, 11) is 0. The Morgan fingerprint density at radius 3 is 2.08 bits per heavy atom. The van der Waals surface area contributed by atoms with Gasteiger partial charge in [0.15, 0.2) is 6.61 Å². The second kappa shape index (κ2) is 10.6. The minimum Gasteiger partial charge on any atom is -0.484 e. The minimum atomic E-state index is -1.82. The molecular formula is C17H15Br2NO6. The van der Waals surface area contributed by atoms with Gasteiger partial charge in [0.25, 0.3) is 5.91 Å². The third-order valence-corrected chi connectivity index (χ3v) is 4.23. The first kappa shape index (κ1) is 21.7. The molecular weight excluding hydrogens is 474 g/mol. The summed E-state index contributed by atoms with van der Waals surface area (Å²) in [5.41, 5.74) is 1.83. The van der Waals surface area contributed by atoms with Crippen LogP contribution in [0.3, 0.4) is 0 Å². The third-order valence-electron chi connectivity index (χ3n) is 2.81. The van der Waals surface area contributed by atoms with Crippen molar-refractivity contribution in [1.29, 1.82) is 0 Å². The minimum absolute atomic E-state index is 0.0171. The van der Waals surface area contributed by atoms with Crippen LogP contribution in [0.4, 0.5) is 5.69 Å². The van der Waals surface area contributed by atoms with E-state index in [1.54, 1.807) is 12.1 Å². The lowest BCUT2D eigenvalue weighted by molar-refractivity contribution is -0.159. The molecule has 1 amide bonds. The van der Waals surface area contributed by atoms with Crippen LogP contribution in [-0.2, 0) is 14.4 Å². The van der Waals surface area contributed by atoms with Gasteiger partial charge >= 0.3 is 11.9 Å². The van der Waals surface area contributed by atoms with E-state index in [9.17, 15) is 4.79 Å². The van der Waals surface area contributed by atoms with Crippen LogP contribution < -0.4 is 10.1 Å². The summed E-state index contributed by atoms with van der Waals surface area (Å²) in [4.78, 5) is 30.0. The molecule has 0 atom stereocenters. The third kappa shape index (κ3) is 8.13. The number of carboxylic acids is 2. The molecule has 26 heavy (non-hydrogen) atoms. The van der Waals surface area contributed by atoms with Crippen LogP contribution in [0.15, 0.2) is 51.4 Å². The van der Waals surface area contributed by atoms with E-state index in [4.69, 9.17) is 24.5 Å². The van der Waals surface area contributed by atoms with E-state index in [-0.39, 0.29) is 12.5 Å². The van der Waals surface area contributed by atoms with Crippen molar-refractivity contribution in [3.8, 4) is 5.75 Å². The lowest BCUT2D eigenvalue weighted by atomic mass is 10.2. The number of aliphatic carboxylic acids is 2. The highest BCUT2D eigenvalue weighted by Gasteiger charge is 2.05. The van der Waals surface area contributed by atoms with Gasteiger partial charge in [0.2, 0.25) is 0 Å². The number of aryl methyl sites for hydroxylation is 1. The monoisotopic (exact) mass is 487 g/mol. The summed E-state index contributed by atoms with van der Waals surface area (Å²) in [6.45, 7) is 1.95. The van der Waals surface area contributed by atoms with Crippen LogP contribution in [0.2, 0.25) is 0 Å². The van der Waals surface area contributed by atoms with Crippen molar-refractivity contribution in [2.24, 2.45) is 0 Å². The van der Waals surface area contributed by atoms with E-state index in [1.807, 2.05) is 37.3 Å².